The first-order valence-corrected chi connectivity index (χ1v) is 16.7. The first-order chi connectivity index (χ1) is 22.3. The van der Waals surface area contributed by atoms with Crippen LogP contribution in [-0.4, -0.2) is 4.57 Å². The first kappa shape index (κ1) is 25.2. The van der Waals surface area contributed by atoms with E-state index in [1.54, 1.807) is 0 Å². The third-order valence-electron chi connectivity index (χ3n) is 9.98. The number of thiophene rings is 1. The third kappa shape index (κ3) is 3.49. The lowest BCUT2D eigenvalue weighted by Crippen LogP contribution is -1.95. The summed E-state index contributed by atoms with van der Waals surface area (Å²) >= 11 is 1.94. The zero-order chi connectivity index (χ0) is 29.6. The molecular weight excluding hydrogens is 563 g/mol. The van der Waals surface area contributed by atoms with Crippen LogP contribution in [0.25, 0.3) is 87.1 Å². The summed E-state index contributed by atoms with van der Waals surface area (Å²) in [6.07, 6.45) is 6.91. The summed E-state index contributed by atoms with van der Waals surface area (Å²) in [5, 5.41) is 11.9. The normalized spacial score (nSPS) is 13.2. The highest BCUT2D eigenvalue weighted by Gasteiger charge is 2.20. The van der Waals surface area contributed by atoms with Crippen molar-refractivity contribution in [2.75, 3.05) is 0 Å². The lowest BCUT2D eigenvalue weighted by molar-refractivity contribution is 1.01. The standard InChI is InChI=1S/C43H29NS/c1-26-10-8-18-38-40(26)37-25-24-35-32-13-3-2-11-30(32)31-12-4-5-15-34(31)41(35)42(37)44(38)28-22-20-27(21-23-28)29-16-9-17-36-33-14-6-7-19-39(33)45-43(29)36/h2-5,7-13,15-25H,6,14H2,1H3. The van der Waals surface area contributed by atoms with E-state index in [1.165, 1.54) is 97.0 Å². The first-order valence-electron chi connectivity index (χ1n) is 15.8. The monoisotopic (exact) mass is 591 g/mol. The lowest BCUT2D eigenvalue weighted by Gasteiger charge is -2.15. The van der Waals surface area contributed by atoms with Crippen molar-refractivity contribution in [1.29, 1.82) is 0 Å². The van der Waals surface area contributed by atoms with Crippen molar-refractivity contribution in [3.8, 4) is 16.8 Å². The second-order valence-electron chi connectivity index (χ2n) is 12.4. The summed E-state index contributed by atoms with van der Waals surface area (Å²) in [6, 6.07) is 45.4. The van der Waals surface area contributed by atoms with E-state index in [4.69, 9.17) is 0 Å². The van der Waals surface area contributed by atoms with Gasteiger partial charge in [-0.25, -0.2) is 0 Å². The number of hydrogen-bond donors (Lipinski definition) is 0. The molecule has 10 rings (SSSR count). The quantitative estimate of drug-likeness (QED) is 0.176. The Morgan fingerprint density at radius 3 is 2.04 bits per heavy atom. The zero-order valence-electron chi connectivity index (χ0n) is 25.0. The molecular formula is C43H29NS. The Bertz CT molecular complexity index is 2660. The molecule has 0 saturated carbocycles. The smallest absolute Gasteiger partial charge is 0.0626 e. The minimum absolute atomic E-state index is 1.13. The van der Waals surface area contributed by atoms with Gasteiger partial charge in [-0.15, -0.1) is 11.3 Å². The van der Waals surface area contributed by atoms with Gasteiger partial charge in [0.15, 0.2) is 0 Å². The Labute approximate surface area is 265 Å². The lowest BCUT2D eigenvalue weighted by atomic mass is 9.92. The summed E-state index contributed by atoms with van der Waals surface area (Å²) in [6.45, 7) is 2.24. The average Bonchev–Trinajstić information content (AvgIpc) is 3.65. The molecule has 1 nitrogen and oxygen atoms in total. The number of aromatic nitrogens is 1. The maximum atomic E-state index is 2.51. The van der Waals surface area contributed by atoms with Gasteiger partial charge in [0, 0.05) is 31.4 Å². The predicted molar refractivity (Wildman–Crippen MR) is 196 cm³/mol. The van der Waals surface area contributed by atoms with Crippen molar-refractivity contribution < 1.29 is 0 Å². The second-order valence-corrected chi connectivity index (χ2v) is 13.4. The van der Waals surface area contributed by atoms with E-state index in [-0.39, 0.29) is 0 Å². The number of nitrogens with zero attached hydrogens (tertiary/aromatic N) is 1. The Morgan fingerprint density at radius 2 is 1.24 bits per heavy atom. The highest BCUT2D eigenvalue weighted by molar-refractivity contribution is 7.20. The number of allylic oxidation sites excluding steroid dienone is 1. The molecule has 0 N–H and O–H groups in total. The van der Waals surface area contributed by atoms with Crippen LogP contribution in [0.2, 0.25) is 0 Å². The zero-order valence-corrected chi connectivity index (χ0v) is 25.8. The van der Waals surface area contributed by atoms with Gasteiger partial charge in [0.2, 0.25) is 0 Å². The molecule has 0 amide bonds. The fraction of sp³-hybridized carbons (Fsp3) is 0.0698. The third-order valence-corrected chi connectivity index (χ3v) is 11.2. The van der Waals surface area contributed by atoms with Gasteiger partial charge in [0.05, 0.1) is 11.0 Å². The molecule has 1 aliphatic rings. The van der Waals surface area contributed by atoms with Gasteiger partial charge >= 0.3 is 0 Å². The predicted octanol–water partition coefficient (Wildman–Crippen LogP) is 12.4. The highest BCUT2D eigenvalue weighted by atomic mass is 32.1. The number of benzene rings is 7. The maximum absolute atomic E-state index is 2.51. The molecule has 1 aliphatic carbocycles. The molecule has 2 heterocycles. The minimum atomic E-state index is 1.13. The van der Waals surface area contributed by atoms with Gasteiger partial charge in [-0.3, -0.25) is 0 Å². The largest absolute Gasteiger partial charge is 0.309 e. The van der Waals surface area contributed by atoms with E-state index >= 15 is 0 Å². The minimum Gasteiger partial charge on any atom is -0.309 e. The van der Waals surface area contributed by atoms with Gasteiger partial charge < -0.3 is 4.57 Å². The van der Waals surface area contributed by atoms with E-state index < -0.39 is 0 Å². The summed E-state index contributed by atoms with van der Waals surface area (Å²) in [4.78, 5) is 1.42. The molecule has 212 valence electrons. The maximum Gasteiger partial charge on any atom is 0.0626 e. The number of hydrogen-bond acceptors (Lipinski definition) is 1. The Morgan fingerprint density at radius 1 is 0.578 bits per heavy atom. The fourth-order valence-corrected chi connectivity index (χ4v) is 9.32. The summed E-state index contributed by atoms with van der Waals surface area (Å²) in [5.41, 5.74) is 9.14. The van der Waals surface area contributed by atoms with E-state index in [2.05, 4.69) is 145 Å². The van der Waals surface area contributed by atoms with Crippen LogP contribution < -0.4 is 0 Å². The summed E-state index contributed by atoms with van der Waals surface area (Å²) < 4.78 is 3.92. The van der Waals surface area contributed by atoms with E-state index in [1.807, 2.05) is 11.3 Å². The van der Waals surface area contributed by atoms with Crippen LogP contribution >= 0.6 is 11.3 Å². The van der Waals surface area contributed by atoms with Crippen LogP contribution in [0.1, 0.15) is 22.4 Å². The van der Waals surface area contributed by atoms with Crippen LogP contribution in [-0.2, 0) is 6.42 Å². The molecule has 45 heavy (non-hydrogen) atoms. The molecule has 0 fully saturated rings. The van der Waals surface area contributed by atoms with Crippen molar-refractivity contribution in [2.24, 2.45) is 0 Å². The molecule has 0 bridgehead atoms. The molecule has 0 spiro atoms. The van der Waals surface area contributed by atoms with Crippen LogP contribution in [0.4, 0.5) is 0 Å². The van der Waals surface area contributed by atoms with Crippen LogP contribution in [0.3, 0.4) is 0 Å². The highest BCUT2D eigenvalue weighted by Crippen LogP contribution is 2.45. The van der Waals surface area contributed by atoms with Crippen molar-refractivity contribution in [3.05, 3.63) is 143 Å². The van der Waals surface area contributed by atoms with Crippen LogP contribution in [0, 0.1) is 6.92 Å². The van der Waals surface area contributed by atoms with Crippen molar-refractivity contribution in [1.82, 2.24) is 4.57 Å². The molecule has 0 radical (unpaired) electrons. The Kier molecular flexibility index (Phi) is 5.26. The fourth-order valence-electron chi connectivity index (χ4n) is 8.01. The van der Waals surface area contributed by atoms with Crippen molar-refractivity contribution in [3.63, 3.8) is 0 Å². The van der Waals surface area contributed by atoms with E-state index in [9.17, 15) is 0 Å². The van der Waals surface area contributed by atoms with Gasteiger partial charge in [0.25, 0.3) is 0 Å². The van der Waals surface area contributed by atoms with Gasteiger partial charge in [-0.2, -0.15) is 0 Å². The average molecular weight is 592 g/mol. The Balaban J connectivity index is 1.28. The molecule has 2 aromatic heterocycles. The SMILES string of the molecule is Cc1cccc2c1c1ccc3c4ccccc4c4ccccc4c3c1n2-c1ccc(-c2cccc3c4c(sc23)C=CCC4)cc1. The molecule has 0 saturated heterocycles. The molecule has 0 atom stereocenters. The van der Waals surface area contributed by atoms with Gasteiger partial charge in [-0.05, 0) is 98.6 Å². The summed E-state index contributed by atoms with van der Waals surface area (Å²) in [5.74, 6) is 0. The van der Waals surface area contributed by atoms with E-state index in [0.29, 0.717) is 0 Å². The van der Waals surface area contributed by atoms with E-state index in [0.717, 1.165) is 12.8 Å². The second kappa shape index (κ2) is 9.41. The van der Waals surface area contributed by atoms with Crippen molar-refractivity contribution >= 4 is 81.6 Å². The molecule has 0 unspecified atom stereocenters. The van der Waals surface area contributed by atoms with Crippen LogP contribution in [0.15, 0.2) is 127 Å². The number of rotatable bonds is 2. The topological polar surface area (TPSA) is 4.93 Å². The van der Waals surface area contributed by atoms with Crippen LogP contribution in [0.5, 0.6) is 0 Å². The molecule has 0 aliphatic heterocycles. The number of fused-ring (bicyclic) bond motifs is 13. The summed E-state index contributed by atoms with van der Waals surface area (Å²) in [7, 11) is 0. The Hall–Kier alpha value is -5.18. The van der Waals surface area contributed by atoms with Gasteiger partial charge in [0.1, 0.15) is 0 Å². The molecule has 9 aromatic rings. The molecule has 7 aromatic carbocycles. The van der Waals surface area contributed by atoms with Gasteiger partial charge in [-0.1, -0.05) is 109 Å². The number of aryl methyl sites for hydroxylation is 2. The molecule has 2 heteroatoms. The van der Waals surface area contributed by atoms with Crippen molar-refractivity contribution in [2.45, 2.75) is 19.8 Å².